The lowest BCUT2D eigenvalue weighted by Crippen LogP contribution is -2.02. The van der Waals surface area contributed by atoms with E-state index in [1.54, 1.807) is 0 Å². The molecule has 0 saturated carbocycles. The fraction of sp³-hybridized carbons (Fsp3) is 1.00. The number of halogens is 1. The van der Waals surface area contributed by atoms with Gasteiger partial charge in [0, 0.05) is 5.33 Å². The van der Waals surface area contributed by atoms with Crippen LogP contribution in [0, 0.1) is 5.92 Å². The molecule has 0 aliphatic heterocycles. The maximum atomic E-state index is 3.60. The van der Waals surface area contributed by atoms with Crippen LogP contribution in [0.15, 0.2) is 0 Å². The minimum absolute atomic E-state index is 1.02. The van der Waals surface area contributed by atoms with Crippen molar-refractivity contribution in [2.24, 2.45) is 5.92 Å². The largest absolute Gasteiger partial charge is 0.0928 e. The number of hydrogen-bond donors (Lipinski definition) is 0. The molecule has 0 aliphatic rings. The van der Waals surface area contributed by atoms with Crippen LogP contribution in [0.2, 0.25) is 0 Å². The first kappa shape index (κ1) is 26.5. The molecule has 26 heavy (non-hydrogen) atoms. The van der Waals surface area contributed by atoms with E-state index in [2.05, 4.69) is 29.8 Å². The predicted molar refractivity (Wildman–Crippen MR) is 126 cm³/mol. The van der Waals surface area contributed by atoms with E-state index >= 15 is 0 Å². The molecule has 0 amide bonds. The van der Waals surface area contributed by atoms with Crippen LogP contribution in [0.25, 0.3) is 0 Å². The SMILES string of the molecule is CCCCCCCCCCC(CCCCBr)CCCCCCCCCC. The van der Waals surface area contributed by atoms with E-state index in [0.717, 1.165) is 5.92 Å². The molecule has 0 heterocycles. The summed E-state index contributed by atoms with van der Waals surface area (Å²) in [6.45, 7) is 4.62. The minimum atomic E-state index is 1.02. The van der Waals surface area contributed by atoms with Crippen LogP contribution in [-0.2, 0) is 0 Å². The molecule has 0 rings (SSSR count). The summed E-state index contributed by atoms with van der Waals surface area (Å²) >= 11 is 3.60. The third-order valence-electron chi connectivity index (χ3n) is 5.93. The second-order valence-electron chi connectivity index (χ2n) is 8.58. The Morgan fingerprint density at radius 1 is 0.423 bits per heavy atom. The summed E-state index contributed by atoms with van der Waals surface area (Å²) < 4.78 is 0. The molecule has 0 unspecified atom stereocenters. The van der Waals surface area contributed by atoms with Gasteiger partial charge in [0.15, 0.2) is 0 Å². The van der Waals surface area contributed by atoms with Crippen LogP contribution in [-0.4, -0.2) is 5.33 Å². The van der Waals surface area contributed by atoms with Crippen molar-refractivity contribution in [1.82, 2.24) is 0 Å². The number of rotatable bonds is 22. The van der Waals surface area contributed by atoms with Crippen molar-refractivity contribution in [2.45, 2.75) is 149 Å². The van der Waals surface area contributed by atoms with Crippen LogP contribution in [0.1, 0.15) is 149 Å². The summed E-state index contributed by atoms with van der Waals surface area (Å²) in [7, 11) is 0. The zero-order valence-electron chi connectivity index (χ0n) is 18.5. The van der Waals surface area contributed by atoms with Crippen molar-refractivity contribution in [1.29, 1.82) is 0 Å². The first-order chi connectivity index (χ1) is 12.8. The smallest absolute Gasteiger partial charge is 0.00313 e. The predicted octanol–water partition coefficient (Wildman–Crippen LogP) is 10.2. The molecule has 158 valence electrons. The van der Waals surface area contributed by atoms with Gasteiger partial charge in [-0.25, -0.2) is 0 Å². The molecule has 0 atom stereocenters. The molecule has 0 saturated heterocycles. The molecule has 0 radical (unpaired) electrons. The van der Waals surface area contributed by atoms with Crippen molar-refractivity contribution in [3.05, 3.63) is 0 Å². The molecule has 0 aromatic rings. The van der Waals surface area contributed by atoms with Crippen LogP contribution in [0.5, 0.6) is 0 Å². The Hall–Kier alpha value is 0.480. The summed E-state index contributed by atoms with van der Waals surface area (Å²) in [6, 6.07) is 0. The lowest BCUT2D eigenvalue weighted by molar-refractivity contribution is 0.371. The van der Waals surface area contributed by atoms with E-state index in [1.807, 2.05) is 0 Å². The molecule has 0 spiro atoms. The molecule has 0 aromatic carbocycles. The summed E-state index contributed by atoms with van der Waals surface area (Å²) in [4.78, 5) is 0. The van der Waals surface area contributed by atoms with E-state index in [4.69, 9.17) is 0 Å². The van der Waals surface area contributed by atoms with Gasteiger partial charge in [-0.1, -0.05) is 158 Å². The Labute approximate surface area is 175 Å². The number of alkyl halides is 1. The standard InChI is InChI=1S/C25H51Br/c1-3-5-7-9-11-13-15-17-21-25(23-19-20-24-26)22-18-16-14-12-10-8-6-4-2/h25H,3-24H2,1-2H3. The summed E-state index contributed by atoms with van der Waals surface area (Å²) in [5, 5.41) is 1.19. The van der Waals surface area contributed by atoms with E-state index in [9.17, 15) is 0 Å². The fourth-order valence-electron chi connectivity index (χ4n) is 4.09. The van der Waals surface area contributed by atoms with Crippen molar-refractivity contribution in [3.8, 4) is 0 Å². The Morgan fingerprint density at radius 3 is 1.08 bits per heavy atom. The van der Waals surface area contributed by atoms with E-state index < -0.39 is 0 Å². The van der Waals surface area contributed by atoms with Gasteiger partial charge in [-0.3, -0.25) is 0 Å². The quantitative estimate of drug-likeness (QED) is 0.118. The van der Waals surface area contributed by atoms with Crippen LogP contribution in [0.3, 0.4) is 0 Å². The molecule has 1 heteroatoms. The van der Waals surface area contributed by atoms with Gasteiger partial charge in [-0.2, -0.15) is 0 Å². The first-order valence-corrected chi connectivity index (χ1v) is 13.5. The highest BCUT2D eigenvalue weighted by Crippen LogP contribution is 2.24. The maximum absolute atomic E-state index is 3.60. The molecule has 0 nitrogen and oxygen atoms in total. The van der Waals surface area contributed by atoms with Gasteiger partial charge in [0.2, 0.25) is 0 Å². The third kappa shape index (κ3) is 20.8. The van der Waals surface area contributed by atoms with E-state index in [-0.39, 0.29) is 0 Å². The van der Waals surface area contributed by atoms with Gasteiger partial charge in [0.25, 0.3) is 0 Å². The second kappa shape index (κ2) is 23.5. The van der Waals surface area contributed by atoms with Gasteiger partial charge in [-0.15, -0.1) is 0 Å². The Morgan fingerprint density at radius 2 is 0.731 bits per heavy atom. The highest BCUT2D eigenvalue weighted by atomic mass is 79.9. The van der Waals surface area contributed by atoms with E-state index in [1.165, 1.54) is 140 Å². The highest BCUT2D eigenvalue weighted by molar-refractivity contribution is 9.09. The van der Waals surface area contributed by atoms with Crippen LogP contribution in [0.4, 0.5) is 0 Å². The maximum Gasteiger partial charge on any atom is 0.00313 e. The lowest BCUT2D eigenvalue weighted by atomic mass is 9.90. The second-order valence-corrected chi connectivity index (χ2v) is 9.37. The molecular formula is C25H51Br. The zero-order valence-corrected chi connectivity index (χ0v) is 20.1. The van der Waals surface area contributed by atoms with Crippen LogP contribution < -0.4 is 0 Å². The Bertz CT molecular complexity index is 218. The van der Waals surface area contributed by atoms with Crippen molar-refractivity contribution < 1.29 is 0 Å². The molecule has 0 aliphatic carbocycles. The van der Waals surface area contributed by atoms with Crippen LogP contribution >= 0.6 is 15.9 Å². The highest BCUT2D eigenvalue weighted by Gasteiger charge is 2.08. The molecule has 0 N–H and O–H groups in total. The van der Waals surface area contributed by atoms with Crippen molar-refractivity contribution in [2.75, 3.05) is 5.33 Å². The van der Waals surface area contributed by atoms with Gasteiger partial charge in [0.05, 0.1) is 0 Å². The molecule has 0 aromatic heterocycles. The lowest BCUT2D eigenvalue weighted by Gasteiger charge is -2.17. The van der Waals surface area contributed by atoms with Gasteiger partial charge >= 0.3 is 0 Å². The molecular weight excluding hydrogens is 380 g/mol. The topological polar surface area (TPSA) is 0 Å². The summed E-state index contributed by atoms with van der Waals surface area (Å²) in [5.41, 5.74) is 0. The molecule has 0 bridgehead atoms. The van der Waals surface area contributed by atoms with Gasteiger partial charge in [0.1, 0.15) is 0 Å². The number of unbranched alkanes of at least 4 members (excludes halogenated alkanes) is 15. The van der Waals surface area contributed by atoms with Crippen molar-refractivity contribution >= 4 is 15.9 Å². The summed E-state index contributed by atoms with van der Waals surface area (Å²) in [6.07, 6.45) is 30.7. The third-order valence-corrected chi connectivity index (χ3v) is 6.49. The monoisotopic (exact) mass is 430 g/mol. The average molecular weight is 432 g/mol. The minimum Gasteiger partial charge on any atom is -0.0928 e. The Balaban J connectivity index is 3.63. The average Bonchev–Trinajstić information content (AvgIpc) is 2.65. The normalized spacial score (nSPS) is 11.5. The van der Waals surface area contributed by atoms with Crippen molar-refractivity contribution in [3.63, 3.8) is 0 Å². The summed E-state index contributed by atoms with van der Waals surface area (Å²) in [5.74, 6) is 1.02. The van der Waals surface area contributed by atoms with Gasteiger partial charge in [-0.05, 0) is 12.3 Å². The van der Waals surface area contributed by atoms with Gasteiger partial charge < -0.3 is 0 Å². The zero-order chi connectivity index (χ0) is 19.1. The molecule has 0 fully saturated rings. The first-order valence-electron chi connectivity index (χ1n) is 12.4. The number of hydrogen-bond acceptors (Lipinski definition) is 0. The van der Waals surface area contributed by atoms with E-state index in [0.29, 0.717) is 0 Å². The Kier molecular flexibility index (Phi) is 24.0. The fourth-order valence-corrected chi connectivity index (χ4v) is 4.49.